The van der Waals surface area contributed by atoms with E-state index < -0.39 is 23.6 Å². The van der Waals surface area contributed by atoms with Gasteiger partial charge in [0, 0.05) is 24.5 Å². The lowest BCUT2D eigenvalue weighted by molar-refractivity contribution is -0.192. The molecule has 0 saturated heterocycles. The van der Waals surface area contributed by atoms with Crippen LogP contribution in [0, 0.1) is 0 Å². The molecule has 0 aliphatic carbocycles. The van der Waals surface area contributed by atoms with Crippen molar-refractivity contribution in [2.75, 3.05) is 7.11 Å². The van der Waals surface area contributed by atoms with Gasteiger partial charge in [0.15, 0.2) is 0 Å². The second kappa shape index (κ2) is 10.7. The summed E-state index contributed by atoms with van der Waals surface area (Å²) in [7, 11) is 1.59. The van der Waals surface area contributed by atoms with E-state index in [4.69, 9.17) is 14.6 Å². The maximum atomic E-state index is 12.3. The van der Waals surface area contributed by atoms with Gasteiger partial charge >= 0.3 is 12.1 Å². The van der Waals surface area contributed by atoms with Crippen LogP contribution in [-0.4, -0.2) is 45.5 Å². The topological polar surface area (TPSA) is 134 Å². The lowest BCUT2D eigenvalue weighted by atomic mass is 10.1. The van der Waals surface area contributed by atoms with E-state index >= 15 is 0 Å². The molecule has 2 heterocycles. The molecule has 0 bridgehead atoms. The zero-order chi connectivity index (χ0) is 23.7. The quantitative estimate of drug-likeness (QED) is 0.543. The molecule has 0 unspecified atom stereocenters. The first kappa shape index (κ1) is 24.1. The number of pyridine rings is 1. The number of nitrogens with zero attached hydrogens (tertiary/aromatic N) is 2. The van der Waals surface area contributed by atoms with E-state index in [0.717, 1.165) is 16.9 Å². The molecule has 1 amide bonds. The number of carboxylic acid groups (broad SMARTS) is 1. The average molecular weight is 450 g/mol. The molecule has 0 spiro atoms. The minimum Gasteiger partial charge on any atom is -0.497 e. The second-order valence-electron chi connectivity index (χ2n) is 6.07. The summed E-state index contributed by atoms with van der Waals surface area (Å²) in [4.78, 5) is 37.1. The SMILES string of the molecule is COc1ccc(CNC(=O)c2cc(-c3ccncc3)n[nH]c2=O)cc1.O=C(O)C(F)(F)F. The number of halogens is 3. The first-order valence-electron chi connectivity index (χ1n) is 8.83. The maximum Gasteiger partial charge on any atom is 0.490 e. The Bertz CT molecular complexity index is 1120. The molecule has 9 nitrogen and oxygen atoms in total. The highest BCUT2D eigenvalue weighted by molar-refractivity contribution is 5.94. The van der Waals surface area contributed by atoms with Crippen LogP contribution in [0.1, 0.15) is 15.9 Å². The van der Waals surface area contributed by atoms with E-state index in [9.17, 15) is 22.8 Å². The highest BCUT2D eigenvalue weighted by Gasteiger charge is 2.38. The van der Waals surface area contributed by atoms with E-state index in [1.54, 1.807) is 31.6 Å². The van der Waals surface area contributed by atoms with E-state index in [1.165, 1.54) is 6.07 Å². The van der Waals surface area contributed by atoms with Crippen LogP contribution in [0.15, 0.2) is 59.7 Å². The van der Waals surface area contributed by atoms with Gasteiger partial charge in [0.1, 0.15) is 11.3 Å². The third-order valence-corrected chi connectivity index (χ3v) is 3.88. The number of nitrogens with one attached hydrogen (secondary N) is 2. The molecule has 3 aromatic rings. The molecular weight excluding hydrogens is 433 g/mol. The predicted molar refractivity (Wildman–Crippen MR) is 106 cm³/mol. The molecule has 0 radical (unpaired) electrons. The maximum absolute atomic E-state index is 12.3. The van der Waals surface area contributed by atoms with E-state index in [2.05, 4.69) is 20.5 Å². The van der Waals surface area contributed by atoms with Gasteiger partial charge in [-0.3, -0.25) is 14.6 Å². The van der Waals surface area contributed by atoms with Crippen molar-refractivity contribution < 1.29 is 32.6 Å². The Balaban J connectivity index is 0.000000451. The first-order valence-corrected chi connectivity index (χ1v) is 8.83. The monoisotopic (exact) mass is 450 g/mol. The fraction of sp³-hybridized carbons (Fsp3) is 0.150. The molecule has 3 N–H and O–H groups in total. The molecule has 0 fully saturated rings. The number of aliphatic carboxylic acids is 1. The highest BCUT2D eigenvalue weighted by Crippen LogP contribution is 2.15. The zero-order valence-corrected chi connectivity index (χ0v) is 16.5. The molecule has 0 atom stereocenters. The van der Waals surface area contributed by atoms with Gasteiger partial charge in [0.05, 0.1) is 12.8 Å². The van der Waals surface area contributed by atoms with Crippen molar-refractivity contribution in [1.82, 2.24) is 20.5 Å². The summed E-state index contributed by atoms with van der Waals surface area (Å²) in [5.74, 6) is -2.48. The van der Waals surface area contributed by atoms with Crippen molar-refractivity contribution in [2.45, 2.75) is 12.7 Å². The number of hydrogen-bond acceptors (Lipinski definition) is 6. The molecule has 3 rings (SSSR count). The van der Waals surface area contributed by atoms with Crippen LogP contribution in [-0.2, 0) is 11.3 Å². The number of ether oxygens (including phenoxy) is 1. The number of methoxy groups -OCH3 is 1. The number of H-pyrrole nitrogens is 1. The zero-order valence-electron chi connectivity index (χ0n) is 16.5. The number of alkyl halides is 3. The summed E-state index contributed by atoms with van der Waals surface area (Å²) in [5, 5.41) is 16.2. The van der Waals surface area contributed by atoms with Gasteiger partial charge in [0.25, 0.3) is 11.5 Å². The van der Waals surface area contributed by atoms with Crippen LogP contribution in [0.25, 0.3) is 11.3 Å². The van der Waals surface area contributed by atoms with Crippen molar-refractivity contribution in [1.29, 1.82) is 0 Å². The Morgan fingerprint density at radius 2 is 1.72 bits per heavy atom. The molecule has 0 saturated carbocycles. The molecule has 12 heteroatoms. The van der Waals surface area contributed by atoms with Crippen LogP contribution < -0.4 is 15.6 Å². The van der Waals surface area contributed by atoms with Crippen molar-refractivity contribution >= 4 is 11.9 Å². The molecule has 0 aliphatic rings. The normalized spacial score (nSPS) is 10.5. The first-order chi connectivity index (χ1) is 15.1. The lowest BCUT2D eigenvalue weighted by Crippen LogP contribution is -2.29. The van der Waals surface area contributed by atoms with Gasteiger partial charge in [0.2, 0.25) is 0 Å². The molecular formula is C20H17F3N4O5. The molecule has 0 aliphatic heterocycles. The van der Waals surface area contributed by atoms with Crippen molar-refractivity contribution in [3.8, 4) is 17.0 Å². The smallest absolute Gasteiger partial charge is 0.490 e. The van der Waals surface area contributed by atoms with Gasteiger partial charge in [-0.2, -0.15) is 18.3 Å². The summed E-state index contributed by atoms with van der Waals surface area (Å²) in [5.41, 5.74) is 1.63. The number of aromatic amines is 1. The van der Waals surface area contributed by atoms with Crippen molar-refractivity contribution in [3.63, 3.8) is 0 Å². The third-order valence-electron chi connectivity index (χ3n) is 3.88. The average Bonchev–Trinajstić information content (AvgIpc) is 2.78. The summed E-state index contributed by atoms with van der Waals surface area (Å²) in [6, 6.07) is 12.3. The molecule has 2 aromatic heterocycles. The Morgan fingerprint density at radius 3 is 2.25 bits per heavy atom. The summed E-state index contributed by atoms with van der Waals surface area (Å²) in [6.07, 6.45) is -1.85. The summed E-state index contributed by atoms with van der Waals surface area (Å²) < 4.78 is 36.8. The molecule has 168 valence electrons. The lowest BCUT2D eigenvalue weighted by Gasteiger charge is -2.07. The number of carbonyl (C=O) groups is 2. The summed E-state index contributed by atoms with van der Waals surface area (Å²) >= 11 is 0. The van der Waals surface area contributed by atoms with Crippen LogP contribution in [0.2, 0.25) is 0 Å². The van der Waals surface area contributed by atoms with Crippen LogP contribution in [0.4, 0.5) is 13.2 Å². The minimum atomic E-state index is -5.08. The second-order valence-corrected chi connectivity index (χ2v) is 6.07. The predicted octanol–water partition coefficient (Wildman–Crippen LogP) is 2.40. The molecule has 1 aromatic carbocycles. The number of amides is 1. The Hall–Kier alpha value is -4.22. The van der Waals surface area contributed by atoms with Crippen molar-refractivity contribution in [3.05, 3.63) is 76.3 Å². The number of hydrogen-bond donors (Lipinski definition) is 3. The number of carbonyl (C=O) groups excluding carboxylic acids is 1. The van der Waals surface area contributed by atoms with Crippen LogP contribution in [0.5, 0.6) is 5.75 Å². The van der Waals surface area contributed by atoms with E-state index in [0.29, 0.717) is 12.2 Å². The van der Waals surface area contributed by atoms with Crippen molar-refractivity contribution in [2.24, 2.45) is 0 Å². The number of rotatable bonds is 5. The highest BCUT2D eigenvalue weighted by atomic mass is 19.4. The summed E-state index contributed by atoms with van der Waals surface area (Å²) in [6.45, 7) is 0.301. The largest absolute Gasteiger partial charge is 0.497 e. The van der Waals surface area contributed by atoms with Gasteiger partial charge < -0.3 is 15.2 Å². The number of benzene rings is 1. The van der Waals surface area contributed by atoms with Crippen LogP contribution >= 0.6 is 0 Å². The van der Waals surface area contributed by atoms with Gasteiger partial charge in [-0.25, -0.2) is 9.89 Å². The van der Waals surface area contributed by atoms with Gasteiger partial charge in [-0.15, -0.1) is 0 Å². The third kappa shape index (κ3) is 6.93. The standard InChI is InChI=1S/C18H16N4O3.C2HF3O2/c1-25-14-4-2-12(3-5-14)11-20-17(23)15-10-16(21-22-18(15)24)13-6-8-19-9-7-13;3-2(4,5)1(6)7/h2-10H,11H2,1H3,(H,20,23)(H,22,24);(H,6,7). The number of aromatic nitrogens is 3. The van der Waals surface area contributed by atoms with Gasteiger partial charge in [-0.05, 0) is 35.9 Å². The Labute approximate surface area is 178 Å². The molecule has 32 heavy (non-hydrogen) atoms. The Kier molecular flexibility index (Phi) is 8.04. The minimum absolute atomic E-state index is 0.00956. The fourth-order valence-corrected chi connectivity index (χ4v) is 2.27. The van der Waals surface area contributed by atoms with Gasteiger partial charge in [-0.1, -0.05) is 12.1 Å². The Morgan fingerprint density at radius 1 is 1.12 bits per heavy atom. The van der Waals surface area contributed by atoms with E-state index in [-0.39, 0.29) is 5.56 Å². The van der Waals surface area contributed by atoms with Crippen LogP contribution in [0.3, 0.4) is 0 Å². The number of carboxylic acids is 1. The van der Waals surface area contributed by atoms with E-state index in [1.807, 2.05) is 24.3 Å². The fourth-order valence-electron chi connectivity index (χ4n) is 2.27.